The topological polar surface area (TPSA) is 135 Å². The second-order valence-electron chi connectivity index (χ2n) is 7.83. The molecule has 3 aliphatic rings. The fourth-order valence-electron chi connectivity index (χ4n) is 3.69. The molecule has 1 aromatic rings. The van der Waals surface area contributed by atoms with Gasteiger partial charge in [0.05, 0.1) is 0 Å². The quantitative estimate of drug-likeness (QED) is 0.709. The first-order valence-electron chi connectivity index (χ1n) is 8.96. The molecule has 4 rings (SSSR count). The van der Waals surface area contributed by atoms with Crippen LogP contribution in [0, 0.1) is 5.21 Å². The first-order chi connectivity index (χ1) is 13.0. The maximum Gasteiger partial charge on any atom is 0.287 e. The number of carbonyl (C=O) groups is 1. The Balaban J connectivity index is 1.45. The van der Waals surface area contributed by atoms with E-state index in [1.54, 1.807) is 27.7 Å². The van der Waals surface area contributed by atoms with Crippen molar-refractivity contribution in [1.82, 2.24) is 5.32 Å². The summed E-state index contributed by atoms with van der Waals surface area (Å²) in [5, 5.41) is 21.8. The zero-order chi connectivity index (χ0) is 20.3. The maximum absolute atomic E-state index is 12.3. The number of anilines is 1. The van der Waals surface area contributed by atoms with Crippen molar-refractivity contribution >= 4 is 11.8 Å². The van der Waals surface area contributed by atoms with E-state index in [0.717, 1.165) is 0 Å². The molecule has 0 saturated carbocycles. The number of fused-ring (bicyclic) bond motifs is 3. The highest BCUT2D eigenvalue weighted by molar-refractivity contribution is 5.91. The zero-order valence-corrected chi connectivity index (χ0v) is 15.9. The van der Waals surface area contributed by atoms with Crippen LogP contribution in [0.2, 0.25) is 0 Å². The van der Waals surface area contributed by atoms with Crippen molar-refractivity contribution in [3.8, 4) is 0 Å². The molecule has 2 N–H and O–H groups in total. The van der Waals surface area contributed by atoms with Crippen LogP contribution in [0.3, 0.4) is 0 Å². The molecular weight excluding hydrogens is 376 g/mol. The van der Waals surface area contributed by atoms with E-state index in [1.165, 1.54) is 12.1 Å². The molecule has 0 bridgehead atoms. The van der Waals surface area contributed by atoms with Crippen molar-refractivity contribution in [3.63, 3.8) is 0 Å². The van der Waals surface area contributed by atoms with E-state index >= 15 is 0 Å². The maximum atomic E-state index is 12.3. The largest absolute Gasteiger partial charge is 0.731 e. The molecule has 3 fully saturated rings. The van der Waals surface area contributed by atoms with E-state index < -0.39 is 59.3 Å². The minimum Gasteiger partial charge on any atom is -0.731 e. The summed E-state index contributed by atoms with van der Waals surface area (Å²) in [6.07, 6.45) is -2.56. The highest BCUT2D eigenvalue weighted by Gasteiger charge is 2.60. The molecule has 1 amide bonds. The molecule has 0 radical (unpaired) electrons. The van der Waals surface area contributed by atoms with Gasteiger partial charge in [-0.15, -0.1) is 0 Å². The molecule has 4 heterocycles. The third-order valence-corrected chi connectivity index (χ3v) is 4.72. The third kappa shape index (κ3) is 3.62. The molecule has 156 valence electrons. The summed E-state index contributed by atoms with van der Waals surface area (Å²) in [5.74, 6) is -2.75. The van der Waals surface area contributed by atoms with Crippen LogP contribution in [0.4, 0.5) is 5.88 Å². The summed E-state index contributed by atoms with van der Waals surface area (Å²) in [6.45, 7) is 7.26. The number of rotatable bonds is 4. The van der Waals surface area contributed by atoms with Crippen LogP contribution < -0.4 is 10.5 Å². The summed E-state index contributed by atoms with van der Waals surface area (Å²) in [6, 6.07) is 2.46. The first kappa shape index (κ1) is 19.6. The Hall–Kier alpha value is -1.73. The van der Waals surface area contributed by atoms with Gasteiger partial charge in [0, 0.05) is 12.6 Å². The summed E-state index contributed by atoms with van der Waals surface area (Å²) < 4.78 is 34.7. The second-order valence-corrected chi connectivity index (χ2v) is 7.83. The predicted molar refractivity (Wildman–Crippen MR) is 91.2 cm³/mol. The average molecular weight is 399 g/mol. The molecule has 3 saturated heterocycles. The Morgan fingerprint density at radius 2 is 1.75 bits per heavy atom. The molecule has 0 unspecified atom stereocenters. The number of nitrogens with one attached hydrogen (secondary N) is 1. The Bertz CT molecular complexity index is 747. The number of furan rings is 1. The lowest BCUT2D eigenvalue weighted by atomic mass is 9.99. The highest BCUT2D eigenvalue weighted by Crippen LogP contribution is 2.43. The minimum absolute atomic E-state index is 0.0860. The fourth-order valence-corrected chi connectivity index (χ4v) is 3.69. The Labute approximate surface area is 160 Å². The molecule has 1 aromatic heterocycles. The van der Waals surface area contributed by atoms with Gasteiger partial charge in [0.2, 0.25) is 5.88 Å². The van der Waals surface area contributed by atoms with Gasteiger partial charge in [-0.2, -0.15) is 0 Å². The highest BCUT2D eigenvalue weighted by atomic mass is 16.9. The predicted octanol–water partition coefficient (Wildman–Crippen LogP) is 1.10. The van der Waals surface area contributed by atoms with E-state index in [2.05, 4.69) is 5.32 Å². The third-order valence-electron chi connectivity index (χ3n) is 4.72. The number of hydrogen-bond acceptors (Lipinski definition) is 10. The van der Waals surface area contributed by atoms with Crippen LogP contribution >= 0.6 is 0 Å². The zero-order valence-electron chi connectivity index (χ0n) is 15.9. The Morgan fingerprint density at radius 3 is 2.43 bits per heavy atom. The van der Waals surface area contributed by atoms with Crippen LogP contribution in [-0.2, 0) is 23.7 Å². The minimum atomic E-state index is -0.833. The van der Waals surface area contributed by atoms with E-state index in [1.807, 2.05) is 0 Å². The van der Waals surface area contributed by atoms with E-state index in [-0.39, 0.29) is 12.3 Å². The fraction of sp³-hybridized carbons (Fsp3) is 0.706. The van der Waals surface area contributed by atoms with Gasteiger partial charge in [-0.05, 0) is 33.8 Å². The van der Waals surface area contributed by atoms with Crippen LogP contribution in [0.5, 0.6) is 0 Å². The van der Waals surface area contributed by atoms with E-state index in [0.29, 0.717) is 0 Å². The SMILES string of the molecule is CC1(C)O[C@@H]2[C@@H](O1)[C@H](CNC(=O)c1ccc(N([O-])O)o1)O[C@@H]1OC(C)(C)O[C@@H]12. The van der Waals surface area contributed by atoms with Crippen molar-refractivity contribution < 1.29 is 38.1 Å². The summed E-state index contributed by atoms with van der Waals surface area (Å²) >= 11 is 0. The van der Waals surface area contributed by atoms with Crippen LogP contribution in [0.1, 0.15) is 38.2 Å². The van der Waals surface area contributed by atoms with Gasteiger partial charge >= 0.3 is 0 Å². The normalized spacial score (nSPS) is 35.3. The van der Waals surface area contributed by atoms with E-state index in [9.17, 15) is 10.0 Å². The number of ether oxygens (including phenoxy) is 5. The number of hydrogen-bond donors (Lipinski definition) is 2. The number of nitrogens with zero attached hydrogens (tertiary/aromatic N) is 1. The van der Waals surface area contributed by atoms with Crippen molar-refractivity contribution in [2.45, 2.75) is 70.0 Å². The van der Waals surface area contributed by atoms with E-state index in [4.69, 9.17) is 33.3 Å². The van der Waals surface area contributed by atoms with Gasteiger partial charge in [0.1, 0.15) is 24.4 Å². The Kier molecular flexibility index (Phi) is 4.66. The van der Waals surface area contributed by atoms with Gasteiger partial charge in [0.15, 0.2) is 23.6 Å². The summed E-state index contributed by atoms with van der Waals surface area (Å²) in [5.41, 5.74) is 0. The van der Waals surface area contributed by atoms with Gasteiger partial charge in [-0.3, -0.25) is 15.2 Å². The lowest BCUT2D eigenvalue weighted by Gasteiger charge is -2.37. The molecule has 0 spiro atoms. The van der Waals surface area contributed by atoms with Crippen molar-refractivity contribution in [2.75, 3.05) is 11.8 Å². The number of amides is 1. The van der Waals surface area contributed by atoms with Crippen LogP contribution in [0.15, 0.2) is 16.5 Å². The van der Waals surface area contributed by atoms with Gasteiger partial charge in [-0.25, -0.2) is 0 Å². The molecule has 11 nitrogen and oxygen atoms in total. The second kappa shape index (κ2) is 6.66. The lowest BCUT2D eigenvalue weighted by Crippen LogP contribution is -2.57. The Morgan fingerprint density at radius 1 is 1.11 bits per heavy atom. The lowest BCUT2D eigenvalue weighted by molar-refractivity contribution is -0.232. The molecule has 28 heavy (non-hydrogen) atoms. The van der Waals surface area contributed by atoms with Gasteiger partial charge in [-0.1, -0.05) is 0 Å². The molecule has 0 aliphatic carbocycles. The van der Waals surface area contributed by atoms with Crippen LogP contribution in [-0.4, -0.2) is 59.9 Å². The first-order valence-corrected chi connectivity index (χ1v) is 8.96. The molecule has 11 heteroatoms. The number of carbonyl (C=O) groups excluding carboxylic acids is 1. The summed E-state index contributed by atoms with van der Waals surface area (Å²) in [4.78, 5) is 12.3. The molecule has 0 aromatic carbocycles. The smallest absolute Gasteiger partial charge is 0.287 e. The average Bonchev–Trinajstić information content (AvgIpc) is 3.25. The molecule has 3 aliphatic heterocycles. The van der Waals surface area contributed by atoms with Gasteiger partial charge in [0.25, 0.3) is 5.91 Å². The van der Waals surface area contributed by atoms with Gasteiger partial charge < -0.3 is 38.6 Å². The van der Waals surface area contributed by atoms with Crippen molar-refractivity contribution in [3.05, 3.63) is 23.1 Å². The van der Waals surface area contributed by atoms with Crippen molar-refractivity contribution in [2.24, 2.45) is 0 Å². The molecular formula is C17H23N2O9-. The van der Waals surface area contributed by atoms with Crippen LogP contribution in [0.25, 0.3) is 0 Å². The van der Waals surface area contributed by atoms with Crippen molar-refractivity contribution in [1.29, 1.82) is 0 Å². The monoisotopic (exact) mass is 399 g/mol. The molecule has 5 atom stereocenters. The summed E-state index contributed by atoms with van der Waals surface area (Å²) in [7, 11) is 0. The standard InChI is InChI=1S/C17H23N2O9/c1-16(2)25-11-9(7-18-14(20)8-5-6-10(23-8)19(21)22)24-15-13(12(11)26-16)27-17(3,4)28-15/h5-6,9,11-13,15,21H,7H2,1-4H3,(H,18,20)/q-1/t9-,11-,12+,13+,15+/m0/s1.